The molecule has 1 amide bonds. The highest BCUT2D eigenvalue weighted by Crippen LogP contribution is 2.36. The smallest absolute Gasteiger partial charge is 0.341 e. The molecule has 34 heavy (non-hydrogen) atoms. The van der Waals surface area contributed by atoms with Gasteiger partial charge in [-0.15, -0.1) is 32.9 Å². The molecule has 0 saturated heterocycles. The molecule has 0 bridgehead atoms. The van der Waals surface area contributed by atoms with Crippen LogP contribution in [0.5, 0.6) is 0 Å². The highest BCUT2D eigenvalue weighted by Gasteiger charge is 2.22. The number of thioether (sulfide) groups is 1. The van der Waals surface area contributed by atoms with Gasteiger partial charge in [-0.05, 0) is 39.3 Å². The minimum atomic E-state index is -0.423. The molecule has 4 rings (SSSR count). The van der Waals surface area contributed by atoms with E-state index in [9.17, 15) is 9.59 Å². The maximum absolute atomic E-state index is 12.8. The number of nitrogens with zero attached hydrogens (tertiary/aromatic N) is 3. The van der Waals surface area contributed by atoms with Gasteiger partial charge in [-0.1, -0.05) is 36.9 Å². The van der Waals surface area contributed by atoms with Crippen molar-refractivity contribution in [3.8, 4) is 11.4 Å². The van der Waals surface area contributed by atoms with Crippen LogP contribution < -0.4 is 5.32 Å². The van der Waals surface area contributed by atoms with Crippen LogP contribution in [0.1, 0.15) is 49.0 Å². The highest BCUT2D eigenvalue weighted by molar-refractivity contribution is 7.99. The van der Waals surface area contributed by atoms with Gasteiger partial charge in [0.1, 0.15) is 5.00 Å². The van der Waals surface area contributed by atoms with E-state index in [0.717, 1.165) is 28.1 Å². The van der Waals surface area contributed by atoms with Crippen molar-refractivity contribution in [3.05, 3.63) is 46.2 Å². The molecule has 178 valence electrons. The Balaban J connectivity index is 1.52. The van der Waals surface area contributed by atoms with Gasteiger partial charge < -0.3 is 10.1 Å². The first kappa shape index (κ1) is 24.4. The van der Waals surface area contributed by atoms with Crippen LogP contribution >= 0.6 is 34.4 Å². The number of carbonyl (C=O) groups is 2. The quantitative estimate of drug-likeness (QED) is 0.209. The van der Waals surface area contributed by atoms with E-state index < -0.39 is 5.97 Å². The van der Waals surface area contributed by atoms with E-state index >= 15 is 0 Å². The summed E-state index contributed by atoms with van der Waals surface area (Å²) in [6.45, 7) is 8.21. The lowest BCUT2D eigenvalue weighted by Gasteiger charge is -2.13. The summed E-state index contributed by atoms with van der Waals surface area (Å²) in [5.41, 5.74) is 1.45. The minimum absolute atomic E-state index is 0.119. The Morgan fingerprint density at radius 1 is 1.21 bits per heavy atom. The van der Waals surface area contributed by atoms with Gasteiger partial charge in [0, 0.05) is 31.9 Å². The van der Waals surface area contributed by atoms with Crippen LogP contribution in [-0.4, -0.2) is 39.0 Å². The highest BCUT2D eigenvalue weighted by atomic mass is 32.2. The molecule has 0 unspecified atom stereocenters. The van der Waals surface area contributed by atoms with Crippen LogP contribution in [0, 0.1) is 0 Å². The predicted molar refractivity (Wildman–Crippen MR) is 140 cm³/mol. The molecule has 0 fully saturated rings. The van der Waals surface area contributed by atoms with Crippen molar-refractivity contribution < 1.29 is 14.3 Å². The third-order valence-electron chi connectivity index (χ3n) is 5.12. The number of nitrogens with one attached hydrogen (secondary N) is 1. The van der Waals surface area contributed by atoms with E-state index in [2.05, 4.69) is 51.4 Å². The lowest BCUT2D eigenvalue weighted by atomic mass is 10.1. The van der Waals surface area contributed by atoms with Crippen molar-refractivity contribution in [2.75, 3.05) is 17.7 Å². The van der Waals surface area contributed by atoms with E-state index in [1.54, 1.807) is 24.3 Å². The number of fused-ring (bicyclic) bond motifs is 1. The summed E-state index contributed by atoms with van der Waals surface area (Å²) in [6, 6.07) is 10.1. The second-order valence-electron chi connectivity index (χ2n) is 7.78. The summed E-state index contributed by atoms with van der Waals surface area (Å²) in [7, 11) is 0. The van der Waals surface area contributed by atoms with E-state index in [4.69, 9.17) is 4.74 Å². The van der Waals surface area contributed by atoms with Crippen molar-refractivity contribution in [2.24, 2.45) is 0 Å². The largest absolute Gasteiger partial charge is 0.462 e. The number of ether oxygens (including phenoxy) is 1. The first-order valence-electron chi connectivity index (χ1n) is 11.1. The zero-order valence-corrected chi connectivity index (χ0v) is 21.9. The lowest BCUT2D eigenvalue weighted by molar-refractivity contribution is -0.113. The summed E-state index contributed by atoms with van der Waals surface area (Å²) in [4.78, 5) is 26.1. The average Bonchev–Trinajstić information content (AvgIpc) is 3.53. The molecular formula is C24H26N4O3S3. The average molecular weight is 515 g/mol. The second-order valence-corrected chi connectivity index (χ2v) is 10.8. The van der Waals surface area contributed by atoms with Gasteiger partial charge in [-0.2, -0.15) is 0 Å². The Bertz CT molecular complexity index is 1320. The van der Waals surface area contributed by atoms with Gasteiger partial charge in [0.25, 0.3) is 0 Å². The van der Waals surface area contributed by atoms with Crippen LogP contribution in [-0.2, 0) is 16.0 Å². The SMILES string of the molecule is CCOC(=O)c1cc(CC)sc1NC(=O)CSc1nnc(-c2csc3ccccc23)n1C(C)C. The van der Waals surface area contributed by atoms with Crippen molar-refractivity contribution in [1.29, 1.82) is 0 Å². The molecule has 0 aliphatic rings. The number of anilines is 1. The topological polar surface area (TPSA) is 86.1 Å². The van der Waals surface area contributed by atoms with Gasteiger partial charge in [0.05, 0.1) is 17.9 Å². The van der Waals surface area contributed by atoms with E-state index in [-0.39, 0.29) is 24.3 Å². The maximum Gasteiger partial charge on any atom is 0.341 e. The number of benzene rings is 1. The summed E-state index contributed by atoms with van der Waals surface area (Å²) in [5.74, 6) is 0.317. The number of hydrogen-bond acceptors (Lipinski definition) is 8. The van der Waals surface area contributed by atoms with Crippen LogP contribution in [0.3, 0.4) is 0 Å². The maximum atomic E-state index is 12.8. The molecule has 1 aromatic carbocycles. The van der Waals surface area contributed by atoms with Gasteiger partial charge in [-0.25, -0.2) is 4.79 Å². The summed E-state index contributed by atoms with van der Waals surface area (Å²) >= 11 is 4.41. The van der Waals surface area contributed by atoms with Crippen LogP contribution in [0.4, 0.5) is 5.00 Å². The molecule has 3 heterocycles. The number of hydrogen-bond donors (Lipinski definition) is 1. The number of aromatic nitrogens is 3. The molecule has 0 saturated carbocycles. The van der Waals surface area contributed by atoms with Crippen molar-refractivity contribution in [2.45, 2.75) is 45.3 Å². The fraction of sp³-hybridized carbons (Fsp3) is 0.333. The molecule has 0 atom stereocenters. The zero-order valence-electron chi connectivity index (χ0n) is 19.5. The summed E-state index contributed by atoms with van der Waals surface area (Å²) in [6.07, 6.45) is 0.777. The third kappa shape index (κ3) is 5.03. The Kier molecular flexibility index (Phi) is 7.70. The Morgan fingerprint density at radius 3 is 2.74 bits per heavy atom. The van der Waals surface area contributed by atoms with Gasteiger partial charge in [0.2, 0.25) is 5.91 Å². The van der Waals surface area contributed by atoms with E-state index in [1.165, 1.54) is 27.8 Å². The lowest BCUT2D eigenvalue weighted by Crippen LogP contribution is -2.16. The first-order chi connectivity index (χ1) is 16.4. The molecule has 0 aliphatic carbocycles. The molecule has 3 aromatic heterocycles. The standard InChI is InChI=1S/C24H26N4O3S3/c1-5-15-11-17(23(30)31-6-2)22(34-15)25-20(29)13-33-24-27-26-21(28(24)14(3)4)18-12-32-19-10-8-7-9-16(18)19/h7-12,14H,5-6,13H2,1-4H3,(H,25,29). The Hall–Kier alpha value is -2.69. The normalized spacial score (nSPS) is 11.3. The Morgan fingerprint density at radius 2 is 2.00 bits per heavy atom. The van der Waals surface area contributed by atoms with Crippen LogP contribution in [0.25, 0.3) is 21.5 Å². The van der Waals surface area contributed by atoms with Crippen LogP contribution in [0.2, 0.25) is 0 Å². The summed E-state index contributed by atoms with van der Waals surface area (Å²) < 4.78 is 8.40. The number of carbonyl (C=O) groups excluding carboxylic acids is 2. The number of amides is 1. The second kappa shape index (κ2) is 10.7. The zero-order chi connectivity index (χ0) is 24.2. The molecule has 0 spiro atoms. The minimum Gasteiger partial charge on any atom is -0.462 e. The Labute approximate surface area is 210 Å². The van der Waals surface area contributed by atoms with Gasteiger partial charge >= 0.3 is 5.97 Å². The molecular weight excluding hydrogens is 488 g/mol. The molecule has 7 nitrogen and oxygen atoms in total. The molecule has 10 heteroatoms. The van der Waals surface area contributed by atoms with Crippen LogP contribution in [0.15, 0.2) is 40.9 Å². The molecule has 1 N–H and O–H groups in total. The monoisotopic (exact) mass is 514 g/mol. The number of thiophene rings is 2. The first-order valence-corrected chi connectivity index (χ1v) is 13.7. The third-order valence-corrected chi connectivity index (χ3v) is 8.22. The fourth-order valence-corrected chi connectivity index (χ4v) is 6.34. The molecule has 4 aromatic rings. The van der Waals surface area contributed by atoms with Crippen molar-refractivity contribution in [1.82, 2.24) is 14.8 Å². The van der Waals surface area contributed by atoms with Gasteiger partial charge in [0.15, 0.2) is 11.0 Å². The van der Waals surface area contributed by atoms with E-state index in [0.29, 0.717) is 15.7 Å². The molecule has 0 aliphatic heterocycles. The van der Waals surface area contributed by atoms with Gasteiger partial charge in [-0.3, -0.25) is 9.36 Å². The number of aryl methyl sites for hydroxylation is 1. The number of rotatable bonds is 9. The molecule has 0 radical (unpaired) electrons. The van der Waals surface area contributed by atoms with E-state index in [1.807, 2.05) is 19.1 Å². The fourth-order valence-electron chi connectivity index (χ4n) is 3.54. The van der Waals surface area contributed by atoms with Crippen molar-refractivity contribution in [3.63, 3.8) is 0 Å². The predicted octanol–water partition coefficient (Wildman–Crippen LogP) is 6.27. The van der Waals surface area contributed by atoms with Crippen molar-refractivity contribution >= 4 is 61.4 Å². The number of esters is 1. The summed E-state index contributed by atoms with van der Waals surface area (Å²) in [5, 5.41) is 16.2.